The van der Waals surface area contributed by atoms with Crippen molar-refractivity contribution in [3.8, 4) is 5.75 Å². The van der Waals surface area contributed by atoms with Crippen LogP contribution in [0.5, 0.6) is 5.75 Å². The fraction of sp³-hybridized carbons (Fsp3) is 0.438. The van der Waals surface area contributed by atoms with Gasteiger partial charge in [-0.05, 0) is 48.7 Å². The van der Waals surface area contributed by atoms with E-state index in [1.165, 1.54) is 23.1 Å². The van der Waals surface area contributed by atoms with Gasteiger partial charge in [0, 0.05) is 25.7 Å². The Balaban J connectivity index is 1.59. The molecule has 0 fully saturated rings. The fourth-order valence-electron chi connectivity index (χ4n) is 2.87. The number of nitrogens with zero attached hydrogens (tertiary/aromatic N) is 2. The van der Waals surface area contributed by atoms with Gasteiger partial charge in [-0.1, -0.05) is 6.07 Å². The quantitative estimate of drug-likeness (QED) is 0.906. The molecule has 4 nitrogen and oxygen atoms in total. The summed E-state index contributed by atoms with van der Waals surface area (Å²) in [5.41, 5.74) is 4.05. The largest absolute Gasteiger partial charge is 0.493 e. The van der Waals surface area contributed by atoms with Crippen LogP contribution in [-0.2, 0) is 19.9 Å². The highest BCUT2D eigenvalue weighted by molar-refractivity contribution is 5.40. The zero-order chi connectivity index (χ0) is 13.9. The topological polar surface area (TPSA) is 39.1 Å². The molecule has 1 unspecified atom stereocenters. The molecule has 1 aliphatic rings. The summed E-state index contributed by atoms with van der Waals surface area (Å²) in [4.78, 5) is 0. The lowest BCUT2D eigenvalue weighted by atomic mass is 10.1. The van der Waals surface area contributed by atoms with E-state index < -0.39 is 0 Å². The maximum Gasteiger partial charge on any atom is 0.119 e. The molecular formula is C16H21N3O. The molecule has 1 atom stereocenters. The van der Waals surface area contributed by atoms with Crippen LogP contribution in [0.15, 0.2) is 30.6 Å². The van der Waals surface area contributed by atoms with E-state index in [2.05, 4.69) is 28.6 Å². The van der Waals surface area contributed by atoms with Gasteiger partial charge in [0.15, 0.2) is 0 Å². The average Bonchev–Trinajstić information content (AvgIpc) is 3.04. The summed E-state index contributed by atoms with van der Waals surface area (Å²) in [5, 5.41) is 7.52. The van der Waals surface area contributed by atoms with Crippen molar-refractivity contribution in [3.63, 3.8) is 0 Å². The molecule has 20 heavy (non-hydrogen) atoms. The van der Waals surface area contributed by atoms with Crippen molar-refractivity contribution < 1.29 is 4.74 Å². The number of fused-ring (bicyclic) bond motifs is 1. The van der Waals surface area contributed by atoms with Gasteiger partial charge in [-0.3, -0.25) is 4.68 Å². The molecule has 1 aromatic carbocycles. The number of aryl methyl sites for hydroxylation is 2. The third kappa shape index (κ3) is 2.70. The normalized spacial score (nSPS) is 17.2. The molecule has 0 bridgehead atoms. The van der Waals surface area contributed by atoms with E-state index >= 15 is 0 Å². The molecule has 1 aliphatic carbocycles. The van der Waals surface area contributed by atoms with Gasteiger partial charge in [0.05, 0.1) is 12.8 Å². The molecule has 106 valence electrons. The fourth-order valence-corrected chi connectivity index (χ4v) is 2.87. The highest BCUT2D eigenvalue weighted by atomic mass is 16.5. The summed E-state index contributed by atoms with van der Waals surface area (Å²) in [6.07, 6.45) is 7.14. The summed E-state index contributed by atoms with van der Waals surface area (Å²) in [7, 11) is 3.96. The van der Waals surface area contributed by atoms with Crippen molar-refractivity contribution in [2.45, 2.75) is 25.3 Å². The summed E-state index contributed by atoms with van der Waals surface area (Å²) in [6, 6.07) is 6.98. The Kier molecular flexibility index (Phi) is 3.74. The van der Waals surface area contributed by atoms with Crippen LogP contribution in [0.1, 0.15) is 29.2 Å². The first-order chi connectivity index (χ1) is 9.76. The summed E-state index contributed by atoms with van der Waals surface area (Å²) in [6.45, 7) is 0.694. The van der Waals surface area contributed by atoms with Crippen molar-refractivity contribution >= 4 is 0 Å². The molecule has 0 spiro atoms. The van der Waals surface area contributed by atoms with E-state index in [1.54, 1.807) is 0 Å². The van der Waals surface area contributed by atoms with Gasteiger partial charge >= 0.3 is 0 Å². The predicted molar refractivity (Wildman–Crippen MR) is 79.0 cm³/mol. The van der Waals surface area contributed by atoms with Crippen LogP contribution in [-0.4, -0.2) is 23.4 Å². The Hall–Kier alpha value is -1.81. The van der Waals surface area contributed by atoms with Crippen LogP contribution in [0.25, 0.3) is 0 Å². The van der Waals surface area contributed by atoms with E-state index in [1.807, 2.05) is 31.2 Å². The monoisotopic (exact) mass is 271 g/mol. The summed E-state index contributed by atoms with van der Waals surface area (Å²) in [5.74, 6) is 0.976. The van der Waals surface area contributed by atoms with Gasteiger partial charge in [0.25, 0.3) is 0 Å². The van der Waals surface area contributed by atoms with Gasteiger partial charge < -0.3 is 10.1 Å². The zero-order valence-corrected chi connectivity index (χ0v) is 12.1. The lowest BCUT2D eigenvalue weighted by molar-refractivity contribution is 0.321. The van der Waals surface area contributed by atoms with Crippen molar-refractivity contribution in [1.29, 1.82) is 0 Å². The lowest BCUT2D eigenvalue weighted by Crippen LogP contribution is -2.12. The highest BCUT2D eigenvalue weighted by Gasteiger charge is 2.20. The number of ether oxygens (including phenoxy) is 1. The van der Waals surface area contributed by atoms with Gasteiger partial charge in [-0.2, -0.15) is 5.10 Å². The van der Waals surface area contributed by atoms with Gasteiger partial charge in [-0.25, -0.2) is 0 Å². The van der Waals surface area contributed by atoms with Crippen LogP contribution in [0, 0.1) is 0 Å². The first-order valence-electron chi connectivity index (χ1n) is 7.16. The third-order valence-corrected chi connectivity index (χ3v) is 3.96. The molecule has 1 N–H and O–H groups in total. The molecule has 0 aliphatic heterocycles. The standard InChI is InChI=1S/C16H21N3O/c1-17-16-6-3-13-9-14(4-5-15(13)16)20-8-7-12-10-18-19(2)11-12/h4-5,9-11,16-17H,3,6-8H2,1-2H3. The molecule has 3 rings (SSSR count). The number of aromatic nitrogens is 2. The number of rotatable bonds is 5. The Labute approximate surface area is 119 Å². The minimum absolute atomic E-state index is 0.509. The molecule has 1 heterocycles. The van der Waals surface area contributed by atoms with Crippen LogP contribution < -0.4 is 10.1 Å². The molecule has 0 radical (unpaired) electrons. The molecule has 2 aromatic rings. The second kappa shape index (κ2) is 5.67. The number of hydrogen-bond acceptors (Lipinski definition) is 3. The zero-order valence-electron chi connectivity index (χ0n) is 12.1. The van der Waals surface area contributed by atoms with E-state index in [-0.39, 0.29) is 0 Å². The van der Waals surface area contributed by atoms with Crippen molar-refractivity contribution in [2.24, 2.45) is 7.05 Å². The van der Waals surface area contributed by atoms with Gasteiger partial charge in [0.1, 0.15) is 5.75 Å². The smallest absolute Gasteiger partial charge is 0.119 e. The second-order valence-electron chi connectivity index (χ2n) is 5.36. The van der Waals surface area contributed by atoms with Crippen LogP contribution in [0.4, 0.5) is 0 Å². The Morgan fingerprint density at radius 3 is 3.10 bits per heavy atom. The van der Waals surface area contributed by atoms with Crippen molar-refractivity contribution in [1.82, 2.24) is 15.1 Å². The number of benzene rings is 1. The van der Waals surface area contributed by atoms with Gasteiger partial charge in [-0.15, -0.1) is 0 Å². The summed E-state index contributed by atoms with van der Waals surface area (Å²) < 4.78 is 7.68. The van der Waals surface area contributed by atoms with E-state index in [4.69, 9.17) is 4.74 Å². The lowest BCUT2D eigenvalue weighted by Gasteiger charge is -2.11. The molecule has 0 amide bonds. The number of hydrogen-bond donors (Lipinski definition) is 1. The molecule has 0 saturated heterocycles. The second-order valence-corrected chi connectivity index (χ2v) is 5.36. The first-order valence-corrected chi connectivity index (χ1v) is 7.16. The van der Waals surface area contributed by atoms with Crippen molar-refractivity contribution in [2.75, 3.05) is 13.7 Å². The number of nitrogens with one attached hydrogen (secondary N) is 1. The highest BCUT2D eigenvalue weighted by Crippen LogP contribution is 2.33. The molecule has 1 aromatic heterocycles. The predicted octanol–water partition coefficient (Wildman–Crippen LogP) is 2.25. The van der Waals surface area contributed by atoms with Crippen LogP contribution in [0.3, 0.4) is 0 Å². The maximum absolute atomic E-state index is 5.86. The average molecular weight is 271 g/mol. The van der Waals surface area contributed by atoms with Crippen molar-refractivity contribution in [3.05, 3.63) is 47.3 Å². The van der Waals surface area contributed by atoms with Gasteiger partial charge in [0.2, 0.25) is 0 Å². The minimum atomic E-state index is 0.509. The van der Waals surface area contributed by atoms with E-state index in [0.29, 0.717) is 12.6 Å². The molecular weight excluding hydrogens is 250 g/mol. The summed E-state index contributed by atoms with van der Waals surface area (Å²) >= 11 is 0. The van der Waals surface area contributed by atoms with E-state index in [0.717, 1.165) is 18.6 Å². The third-order valence-electron chi connectivity index (χ3n) is 3.96. The maximum atomic E-state index is 5.86. The molecule has 0 saturated carbocycles. The van der Waals surface area contributed by atoms with E-state index in [9.17, 15) is 0 Å². The Morgan fingerprint density at radius 2 is 2.35 bits per heavy atom. The van der Waals surface area contributed by atoms with Crippen LogP contribution >= 0.6 is 0 Å². The molecule has 4 heteroatoms. The Bertz CT molecular complexity index is 591. The Morgan fingerprint density at radius 1 is 1.45 bits per heavy atom. The van der Waals surface area contributed by atoms with Crippen LogP contribution in [0.2, 0.25) is 0 Å². The SMILES string of the molecule is CNC1CCc2cc(OCCc3cnn(C)c3)ccc21. The minimum Gasteiger partial charge on any atom is -0.493 e. The first kappa shape index (κ1) is 13.2.